The lowest BCUT2D eigenvalue weighted by atomic mass is 9.94. The summed E-state index contributed by atoms with van der Waals surface area (Å²) in [5, 5.41) is 9.22. The third-order valence-corrected chi connectivity index (χ3v) is 7.83. The van der Waals surface area contributed by atoms with Gasteiger partial charge in [-0.2, -0.15) is 0 Å². The number of amidine groups is 2. The Bertz CT molecular complexity index is 1590. The molecule has 2 atom stereocenters. The molecule has 11 heteroatoms. The van der Waals surface area contributed by atoms with Crippen LogP contribution in [0.4, 0.5) is 0 Å². The Labute approximate surface area is 271 Å². The molecule has 6 rings (SSSR count). The van der Waals surface area contributed by atoms with E-state index in [1.807, 2.05) is 37.8 Å². The van der Waals surface area contributed by atoms with Crippen LogP contribution >= 0.6 is 0 Å². The van der Waals surface area contributed by atoms with E-state index in [2.05, 4.69) is 71.3 Å². The van der Waals surface area contributed by atoms with Gasteiger partial charge in [0.1, 0.15) is 5.84 Å². The highest BCUT2D eigenvalue weighted by molar-refractivity contribution is 6.04. The Morgan fingerprint density at radius 2 is 2.00 bits per heavy atom. The molecule has 240 valence electrons. The summed E-state index contributed by atoms with van der Waals surface area (Å²) in [4.78, 5) is 24.0. The van der Waals surface area contributed by atoms with E-state index >= 15 is 0 Å². The highest BCUT2D eigenvalue weighted by Gasteiger charge is 2.36. The molecule has 0 saturated heterocycles. The monoisotopic (exact) mass is 621 g/mol. The van der Waals surface area contributed by atoms with Crippen molar-refractivity contribution in [3.05, 3.63) is 95.2 Å². The van der Waals surface area contributed by atoms with Gasteiger partial charge in [0, 0.05) is 59.2 Å². The molecule has 4 aliphatic heterocycles. The molecule has 0 spiro atoms. The number of carbonyl (C=O) groups is 1. The molecule has 0 fully saturated rings. The summed E-state index contributed by atoms with van der Waals surface area (Å²) in [7, 11) is 0. The number of hydrazine groups is 2. The topological polar surface area (TPSA) is 132 Å². The lowest BCUT2D eigenvalue weighted by molar-refractivity contribution is -0.121. The van der Waals surface area contributed by atoms with Crippen LogP contribution in [0, 0.1) is 12.1 Å². The van der Waals surface area contributed by atoms with E-state index in [1.165, 1.54) is 6.20 Å². The molecule has 6 bridgehead atoms. The van der Waals surface area contributed by atoms with E-state index in [0.717, 1.165) is 64.3 Å². The maximum absolute atomic E-state index is 12.0. The van der Waals surface area contributed by atoms with Crippen molar-refractivity contribution in [2.24, 2.45) is 20.8 Å². The predicted molar refractivity (Wildman–Crippen MR) is 182 cm³/mol. The Kier molecular flexibility index (Phi) is 10.4. The first-order valence-corrected chi connectivity index (χ1v) is 15.8. The van der Waals surface area contributed by atoms with Crippen LogP contribution in [0.2, 0.25) is 0 Å². The lowest BCUT2D eigenvalue weighted by Crippen LogP contribution is -2.57. The van der Waals surface area contributed by atoms with Crippen molar-refractivity contribution in [2.75, 3.05) is 6.61 Å². The Hall–Kier alpha value is -5.08. The number of carbonyl (C=O) groups excluding carboxylic acids is 1. The van der Waals surface area contributed by atoms with Crippen LogP contribution < -0.4 is 22.0 Å². The van der Waals surface area contributed by atoms with Crippen molar-refractivity contribution >= 4 is 23.8 Å². The van der Waals surface area contributed by atoms with Gasteiger partial charge in [0.15, 0.2) is 11.6 Å². The van der Waals surface area contributed by atoms with Crippen LogP contribution in [0.5, 0.6) is 0 Å². The second-order valence-corrected chi connectivity index (χ2v) is 11.7. The van der Waals surface area contributed by atoms with E-state index in [-0.39, 0.29) is 11.9 Å². The molecule has 4 aliphatic rings. The van der Waals surface area contributed by atoms with Crippen molar-refractivity contribution in [3.8, 4) is 11.1 Å². The van der Waals surface area contributed by atoms with Gasteiger partial charge in [-0.05, 0) is 57.2 Å². The van der Waals surface area contributed by atoms with Crippen molar-refractivity contribution in [1.82, 2.24) is 26.3 Å². The third kappa shape index (κ3) is 7.41. The largest absolute Gasteiger partial charge is 0.490 e. The molecular formula is C35H43N9O2. The number of hydrogen-bond acceptors (Lipinski definition) is 10. The minimum absolute atomic E-state index is 0.0133. The van der Waals surface area contributed by atoms with Crippen molar-refractivity contribution in [1.29, 1.82) is 0 Å². The Morgan fingerprint density at radius 1 is 1.24 bits per heavy atom. The standard InChI is InChI=1S/C35H43N9O2/c1-6-7-13-32-31-20-26-15-17-27(18-16-26)29-11-8-9-12-30(29)34-40-42-44(41-34)35(43(24(31)4)25(5)39-32)37-22-28(21-36)46-19-10-14-33(45)38-23(2)3/h11-12,15-18,21-23,35,42H,4,6-7,10,13-14,19-20,36H2,1-3,5H3,(H,38,45)(H,40,41)/b28-21+,37-22-. The number of nitrogens with one attached hydrogen (secondary N) is 3. The Balaban J connectivity index is 1.48. The van der Waals surface area contributed by atoms with E-state index in [1.54, 1.807) is 11.3 Å². The van der Waals surface area contributed by atoms with E-state index in [9.17, 15) is 4.79 Å². The molecule has 0 saturated carbocycles. The number of ether oxygens (including phenoxy) is 1. The number of nitrogens with two attached hydrogens (primary N) is 1. The average molecular weight is 622 g/mol. The first-order chi connectivity index (χ1) is 22.3. The maximum atomic E-state index is 12.0. The van der Waals surface area contributed by atoms with Crippen LogP contribution in [-0.2, 0) is 16.0 Å². The van der Waals surface area contributed by atoms with Gasteiger partial charge in [-0.1, -0.05) is 61.4 Å². The summed E-state index contributed by atoms with van der Waals surface area (Å²) in [5.74, 6) is 1.71. The number of hydrazone groups is 1. The van der Waals surface area contributed by atoms with Crippen LogP contribution in [0.3, 0.4) is 0 Å². The normalized spacial score (nSPS) is 19.2. The van der Waals surface area contributed by atoms with Crippen LogP contribution in [0.25, 0.3) is 11.1 Å². The van der Waals surface area contributed by atoms with Gasteiger partial charge in [0.2, 0.25) is 12.2 Å². The number of hydrogen-bond donors (Lipinski definition) is 4. The van der Waals surface area contributed by atoms with Crippen molar-refractivity contribution < 1.29 is 9.53 Å². The smallest absolute Gasteiger partial charge is 0.220 e. The molecule has 4 heterocycles. The number of unbranched alkanes of at least 4 members (excludes halogenated alkanes) is 1. The molecule has 2 aromatic carbocycles. The minimum atomic E-state index is -0.720. The number of aliphatic imine (C=N–C) groups is 2. The van der Waals surface area contributed by atoms with Crippen LogP contribution in [-0.4, -0.2) is 52.7 Å². The van der Waals surface area contributed by atoms with Gasteiger partial charge in [-0.25, -0.2) is 15.5 Å². The number of allylic oxidation sites excluding steroid dienone is 3. The fraction of sp³-hybridized carbons (Fsp3) is 0.371. The third-order valence-electron chi connectivity index (χ3n) is 7.83. The van der Waals surface area contributed by atoms with Gasteiger partial charge < -0.3 is 15.8 Å². The zero-order chi connectivity index (χ0) is 32.6. The summed E-state index contributed by atoms with van der Waals surface area (Å²) >= 11 is 0. The quantitative estimate of drug-likeness (QED) is 0.163. The van der Waals surface area contributed by atoms with E-state index in [4.69, 9.17) is 20.5 Å². The van der Waals surface area contributed by atoms with Crippen LogP contribution in [0.15, 0.2) is 87.0 Å². The molecule has 5 N–H and O–H groups in total. The molecular weight excluding hydrogens is 578 g/mol. The fourth-order valence-electron chi connectivity index (χ4n) is 5.54. The second-order valence-electron chi connectivity index (χ2n) is 11.7. The first kappa shape index (κ1) is 32.3. The molecule has 1 amide bonds. The average Bonchev–Trinajstić information content (AvgIpc) is 3.53. The maximum Gasteiger partial charge on any atom is 0.220 e. The number of benzene rings is 1. The molecule has 11 nitrogen and oxygen atoms in total. The number of amides is 1. The molecule has 2 unspecified atom stereocenters. The van der Waals surface area contributed by atoms with Crippen LogP contribution in [0.1, 0.15) is 70.9 Å². The molecule has 0 aromatic heterocycles. The van der Waals surface area contributed by atoms with E-state index in [0.29, 0.717) is 37.5 Å². The van der Waals surface area contributed by atoms with Crippen molar-refractivity contribution in [3.63, 3.8) is 0 Å². The molecule has 2 aromatic rings. The second kappa shape index (κ2) is 14.8. The van der Waals surface area contributed by atoms with Gasteiger partial charge >= 0.3 is 0 Å². The van der Waals surface area contributed by atoms with Gasteiger partial charge in [0.25, 0.3) is 0 Å². The highest BCUT2D eigenvalue weighted by atomic mass is 16.5. The molecule has 0 aliphatic carbocycles. The summed E-state index contributed by atoms with van der Waals surface area (Å²) in [6, 6.07) is 18.6. The van der Waals surface area contributed by atoms with E-state index < -0.39 is 6.29 Å². The zero-order valence-corrected chi connectivity index (χ0v) is 27.1. The molecule has 0 radical (unpaired) electrons. The SMILES string of the molecule is C=C1C2=C(CCCC)N=C(C)N1C(/N=C\C(=C/N)OCCCC(=O)NC(C)C)N1NN=C(N1)c1cc#ccc1-c1ccc(cc1)C2. The highest BCUT2D eigenvalue weighted by Crippen LogP contribution is 2.34. The molecule has 46 heavy (non-hydrogen) atoms. The van der Waals surface area contributed by atoms with Gasteiger partial charge in [-0.15, -0.1) is 5.10 Å². The van der Waals surface area contributed by atoms with Gasteiger partial charge in [-0.3, -0.25) is 15.1 Å². The summed E-state index contributed by atoms with van der Waals surface area (Å²) in [5.41, 5.74) is 19.4. The van der Waals surface area contributed by atoms with Crippen molar-refractivity contribution in [2.45, 2.75) is 78.6 Å². The summed E-state index contributed by atoms with van der Waals surface area (Å²) in [6.45, 7) is 12.9. The predicted octanol–water partition coefficient (Wildman–Crippen LogP) is 4.66. The summed E-state index contributed by atoms with van der Waals surface area (Å²) in [6.07, 6.45) is 6.74. The fourth-order valence-corrected chi connectivity index (χ4v) is 5.54. The first-order valence-electron chi connectivity index (χ1n) is 15.8. The van der Waals surface area contributed by atoms with Gasteiger partial charge in [0.05, 0.1) is 12.8 Å². The zero-order valence-electron chi connectivity index (χ0n) is 27.1. The number of fused-ring (bicyclic) bond motifs is 2. The number of rotatable bonds is 11. The minimum Gasteiger partial charge on any atom is -0.490 e. The number of nitrogens with zero attached hydrogens (tertiary/aromatic N) is 5. The lowest BCUT2D eigenvalue weighted by Gasteiger charge is -2.39. The summed E-state index contributed by atoms with van der Waals surface area (Å²) < 4.78 is 5.89. The Morgan fingerprint density at radius 3 is 2.72 bits per heavy atom.